The van der Waals surface area contributed by atoms with Gasteiger partial charge in [-0.15, -0.1) is 11.3 Å². The van der Waals surface area contributed by atoms with Crippen molar-refractivity contribution >= 4 is 17.3 Å². The van der Waals surface area contributed by atoms with Gasteiger partial charge in [-0.05, 0) is 61.0 Å². The minimum Gasteiger partial charge on any atom is -0.497 e. The van der Waals surface area contributed by atoms with Gasteiger partial charge < -0.3 is 15.0 Å². The summed E-state index contributed by atoms with van der Waals surface area (Å²) >= 11 is 1.86. The maximum absolute atomic E-state index is 5.23. The smallest absolute Gasteiger partial charge is 0.193 e. The number of nitrogens with zero attached hydrogens (tertiary/aromatic N) is 3. The summed E-state index contributed by atoms with van der Waals surface area (Å²) in [7, 11) is 5.64. The fourth-order valence-corrected chi connectivity index (χ4v) is 4.42. The van der Waals surface area contributed by atoms with Crippen LogP contribution in [0.15, 0.2) is 46.8 Å². The van der Waals surface area contributed by atoms with E-state index >= 15 is 0 Å². The molecule has 1 saturated heterocycles. The molecule has 1 aromatic carbocycles. The topological polar surface area (TPSA) is 40.1 Å². The van der Waals surface area contributed by atoms with Crippen molar-refractivity contribution in [1.29, 1.82) is 0 Å². The highest BCUT2D eigenvalue weighted by Crippen LogP contribution is 2.20. The summed E-state index contributed by atoms with van der Waals surface area (Å²) in [5.74, 6) is 2.56. The molecule has 2 aromatic rings. The minimum atomic E-state index is 0.714. The number of nitrogens with one attached hydrogen (secondary N) is 1. The molecule has 1 aliphatic heterocycles. The molecule has 6 heteroatoms. The fourth-order valence-electron chi connectivity index (χ4n) is 3.67. The predicted octanol–water partition coefficient (Wildman–Crippen LogP) is 3.68. The number of hydrogen-bond donors (Lipinski definition) is 1. The first-order chi connectivity index (χ1) is 13.7. The Hall–Kier alpha value is -2.05. The Morgan fingerprint density at radius 3 is 2.61 bits per heavy atom. The van der Waals surface area contributed by atoms with Crippen LogP contribution < -0.4 is 10.1 Å². The van der Waals surface area contributed by atoms with Crippen molar-refractivity contribution in [3.05, 3.63) is 52.2 Å². The van der Waals surface area contributed by atoms with Gasteiger partial charge in [0, 0.05) is 38.6 Å². The molecule has 3 rings (SSSR count). The van der Waals surface area contributed by atoms with E-state index in [9.17, 15) is 0 Å². The minimum absolute atomic E-state index is 0.714. The largest absolute Gasteiger partial charge is 0.497 e. The van der Waals surface area contributed by atoms with Crippen molar-refractivity contribution in [2.75, 3.05) is 40.8 Å². The average Bonchev–Trinajstić information content (AvgIpc) is 3.23. The number of hydrogen-bond acceptors (Lipinski definition) is 4. The average molecular weight is 401 g/mol. The zero-order chi connectivity index (χ0) is 19.8. The lowest BCUT2D eigenvalue weighted by Crippen LogP contribution is -2.43. The van der Waals surface area contributed by atoms with Crippen molar-refractivity contribution < 1.29 is 4.74 Å². The van der Waals surface area contributed by atoms with Gasteiger partial charge in [-0.3, -0.25) is 9.89 Å². The van der Waals surface area contributed by atoms with Crippen LogP contribution >= 0.6 is 11.3 Å². The van der Waals surface area contributed by atoms with Crippen LogP contribution in [0.25, 0.3) is 0 Å². The number of thiophene rings is 1. The summed E-state index contributed by atoms with van der Waals surface area (Å²) in [6.07, 6.45) is 2.50. The van der Waals surface area contributed by atoms with Crippen LogP contribution in [0.4, 0.5) is 0 Å². The van der Waals surface area contributed by atoms with Gasteiger partial charge in [0.1, 0.15) is 5.75 Å². The van der Waals surface area contributed by atoms with Gasteiger partial charge in [-0.1, -0.05) is 18.2 Å². The lowest BCUT2D eigenvalue weighted by atomic mass is 9.97. The number of aliphatic imine (C=N–C) groups is 1. The molecular weight excluding hydrogens is 368 g/mol. The second-order valence-corrected chi connectivity index (χ2v) is 8.46. The maximum Gasteiger partial charge on any atom is 0.193 e. The molecule has 0 bridgehead atoms. The molecule has 2 heterocycles. The highest BCUT2D eigenvalue weighted by atomic mass is 32.1. The van der Waals surface area contributed by atoms with Crippen molar-refractivity contribution in [2.24, 2.45) is 10.9 Å². The number of guanidine groups is 1. The van der Waals surface area contributed by atoms with Crippen LogP contribution in [0.5, 0.6) is 5.75 Å². The van der Waals surface area contributed by atoms with Crippen LogP contribution in [-0.4, -0.2) is 56.6 Å². The number of likely N-dealkylation sites (tertiary alicyclic amines) is 1. The van der Waals surface area contributed by atoms with E-state index < -0.39 is 0 Å². The summed E-state index contributed by atoms with van der Waals surface area (Å²) in [4.78, 5) is 10.7. The number of piperidine rings is 1. The molecule has 1 aromatic heterocycles. The summed E-state index contributed by atoms with van der Waals surface area (Å²) in [6.45, 7) is 5.29. The van der Waals surface area contributed by atoms with E-state index in [0.717, 1.165) is 31.3 Å². The zero-order valence-electron chi connectivity index (χ0n) is 17.2. The van der Waals surface area contributed by atoms with Crippen molar-refractivity contribution in [3.63, 3.8) is 0 Å². The molecule has 0 spiro atoms. The standard InChI is InChI=1S/C22H32N4OS/c1-23-22(25(2)16-19-6-8-20(27-3)9-7-19)24-15-18-10-12-26(13-11-18)17-21-5-4-14-28-21/h4-9,14,18H,10-13,15-17H2,1-3H3,(H,23,24). The molecule has 0 atom stereocenters. The van der Waals surface area contributed by atoms with Gasteiger partial charge in [0.25, 0.3) is 0 Å². The van der Waals surface area contributed by atoms with E-state index in [2.05, 4.69) is 56.8 Å². The molecule has 1 aliphatic rings. The molecule has 5 nitrogen and oxygen atoms in total. The van der Waals surface area contributed by atoms with E-state index in [1.165, 1.54) is 36.4 Å². The van der Waals surface area contributed by atoms with E-state index in [4.69, 9.17) is 4.74 Å². The van der Waals surface area contributed by atoms with Gasteiger partial charge in [-0.2, -0.15) is 0 Å². The first kappa shape index (κ1) is 20.7. The Kier molecular flexibility index (Phi) is 7.74. The molecule has 0 unspecified atom stereocenters. The lowest BCUT2D eigenvalue weighted by Gasteiger charge is -2.32. The second-order valence-electron chi connectivity index (χ2n) is 7.43. The third kappa shape index (κ3) is 5.97. The molecule has 1 fully saturated rings. The Labute approximate surface area is 173 Å². The van der Waals surface area contributed by atoms with Crippen LogP contribution in [0.1, 0.15) is 23.3 Å². The molecule has 0 radical (unpaired) electrons. The molecule has 152 valence electrons. The first-order valence-electron chi connectivity index (χ1n) is 9.97. The van der Waals surface area contributed by atoms with Crippen LogP contribution in [0.3, 0.4) is 0 Å². The number of benzene rings is 1. The molecule has 0 saturated carbocycles. The van der Waals surface area contributed by atoms with E-state index in [0.29, 0.717) is 5.92 Å². The Morgan fingerprint density at radius 2 is 2.00 bits per heavy atom. The molecule has 28 heavy (non-hydrogen) atoms. The van der Waals surface area contributed by atoms with E-state index in [-0.39, 0.29) is 0 Å². The highest BCUT2D eigenvalue weighted by Gasteiger charge is 2.20. The van der Waals surface area contributed by atoms with Crippen molar-refractivity contribution in [3.8, 4) is 5.75 Å². The summed E-state index contributed by atoms with van der Waals surface area (Å²) < 4.78 is 5.23. The Morgan fingerprint density at radius 1 is 1.25 bits per heavy atom. The van der Waals surface area contributed by atoms with Crippen molar-refractivity contribution in [1.82, 2.24) is 15.1 Å². The highest BCUT2D eigenvalue weighted by molar-refractivity contribution is 7.09. The quantitative estimate of drug-likeness (QED) is 0.569. The van der Waals surface area contributed by atoms with E-state index in [1.54, 1.807) is 7.11 Å². The Balaban J connectivity index is 1.41. The van der Waals surface area contributed by atoms with Crippen LogP contribution in [-0.2, 0) is 13.1 Å². The van der Waals surface area contributed by atoms with Crippen LogP contribution in [0, 0.1) is 5.92 Å². The first-order valence-corrected chi connectivity index (χ1v) is 10.9. The molecule has 0 amide bonds. The normalized spacial score (nSPS) is 16.2. The predicted molar refractivity (Wildman–Crippen MR) is 118 cm³/mol. The lowest BCUT2D eigenvalue weighted by molar-refractivity contribution is 0.179. The zero-order valence-corrected chi connectivity index (χ0v) is 18.0. The fraction of sp³-hybridized carbons (Fsp3) is 0.500. The molecular formula is C22H32N4OS. The second kappa shape index (κ2) is 10.5. The van der Waals surface area contributed by atoms with Gasteiger partial charge in [0.2, 0.25) is 0 Å². The van der Waals surface area contributed by atoms with Gasteiger partial charge in [0.15, 0.2) is 5.96 Å². The van der Waals surface area contributed by atoms with Gasteiger partial charge >= 0.3 is 0 Å². The third-order valence-electron chi connectivity index (χ3n) is 5.37. The van der Waals surface area contributed by atoms with E-state index in [1.807, 2.05) is 30.5 Å². The van der Waals surface area contributed by atoms with Crippen LogP contribution in [0.2, 0.25) is 0 Å². The third-order valence-corrected chi connectivity index (χ3v) is 6.23. The van der Waals surface area contributed by atoms with Crippen molar-refractivity contribution in [2.45, 2.75) is 25.9 Å². The number of methoxy groups -OCH3 is 1. The maximum atomic E-state index is 5.23. The summed E-state index contributed by atoms with van der Waals surface area (Å²) in [5, 5.41) is 5.74. The molecule has 0 aliphatic carbocycles. The summed E-state index contributed by atoms with van der Waals surface area (Å²) in [5.41, 5.74) is 1.24. The number of rotatable bonds is 7. The number of ether oxygens (including phenoxy) is 1. The van der Waals surface area contributed by atoms with Gasteiger partial charge in [-0.25, -0.2) is 0 Å². The summed E-state index contributed by atoms with van der Waals surface area (Å²) in [6, 6.07) is 12.6. The SMILES string of the molecule is CN=C(NCC1CCN(Cc2cccs2)CC1)N(C)Cc1ccc(OC)cc1. The Bertz CT molecular complexity index is 722. The van der Waals surface area contributed by atoms with Gasteiger partial charge in [0.05, 0.1) is 7.11 Å². The monoisotopic (exact) mass is 400 g/mol. The molecule has 1 N–H and O–H groups in total.